The number of anilines is 2. The van der Waals surface area contributed by atoms with Crippen LogP contribution < -0.4 is 10.2 Å². The van der Waals surface area contributed by atoms with E-state index in [0.29, 0.717) is 11.7 Å². The van der Waals surface area contributed by atoms with Crippen LogP contribution in [0.4, 0.5) is 15.8 Å². The minimum Gasteiger partial charge on any atom is -0.339 e. The van der Waals surface area contributed by atoms with Crippen LogP contribution in [0.3, 0.4) is 0 Å². The Labute approximate surface area is 126 Å². The highest BCUT2D eigenvalue weighted by molar-refractivity contribution is 5.66. The summed E-state index contributed by atoms with van der Waals surface area (Å²) in [7, 11) is 0. The maximum Gasteiger partial charge on any atom is 0.146 e. The minimum absolute atomic E-state index is 0.189. The molecule has 0 amide bonds. The van der Waals surface area contributed by atoms with Gasteiger partial charge in [-0.1, -0.05) is 44.2 Å². The molecule has 0 aromatic heterocycles. The number of halogens is 1. The Hall–Kier alpha value is -1.87. The standard InChI is InChI=1S/C18H23FN2/c1-4-21(18-12-8-6-10-16(18)19)17-11-7-5-9-15(17)13-20-14(2)3/h5-12,14,20H,4,13H2,1-3H3. The highest BCUT2D eigenvalue weighted by Gasteiger charge is 2.14. The molecule has 0 fully saturated rings. The van der Waals surface area contributed by atoms with Crippen LogP contribution >= 0.6 is 0 Å². The zero-order valence-electron chi connectivity index (χ0n) is 12.9. The Kier molecular flexibility index (Phi) is 5.34. The Morgan fingerprint density at radius 2 is 1.62 bits per heavy atom. The molecule has 0 spiro atoms. The molecule has 0 aliphatic rings. The molecule has 2 aromatic carbocycles. The van der Waals surface area contributed by atoms with Crippen molar-refractivity contribution >= 4 is 11.4 Å². The van der Waals surface area contributed by atoms with Crippen molar-refractivity contribution in [2.75, 3.05) is 11.4 Å². The van der Waals surface area contributed by atoms with Crippen molar-refractivity contribution in [3.63, 3.8) is 0 Å². The van der Waals surface area contributed by atoms with Crippen LogP contribution in [0.1, 0.15) is 26.3 Å². The Morgan fingerprint density at radius 1 is 1.00 bits per heavy atom. The van der Waals surface area contributed by atoms with E-state index in [1.807, 2.05) is 42.2 Å². The van der Waals surface area contributed by atoms with Crippen LogP contribution in [-0.2, 0) is 6.54 Å². The molecular weight excluding hydrogens is 263 g/mol. The third kappa shape index (κ3) is 3.82. The van der Waals surface area contributed by atoms with Crippen LogP contribution in [0.2, 0.25) is 0 Å². The first-order valence-corrected chi connectivity index (χ1v) is 7.46. The van der Waals surface area contributed by atoms with E-state index in [1.54, 1.807) is 6.07 Å². The first kappa shape index (κ1) is 15.5. The van der Waals surface area contributed by atoms with Gasteiger partial charge in [0.05, 0.1) is 5.69 Å². The molecule has 0 unspecified atom stereocenters. The van der Waals surface area contributed by atoms with Gasteiger partial charge >= 0.3 is 0 Å². The van der Waals surface area contributed by atoms with Crippen molar-refractivity contribution in [2.24, 2.45) is 0 Å². The van der Waals surface area contributed by atoms with Crippen LogP contribution in [0.15, 0.2) is 48.5 Å². The van der Waals surface area contributed by atoms with Gasteiger partial charge in [0.25, 0.3) is 0 Å². The van der Waals surface area contributed by atoms with Crippen molar-refractivity contribution in [2.45, 2.75) is 33.4 Å². The van der Waals surface area contributed by atoms with Gasteiger partial charge in [0.15, 0.2) is 0 Å². The molecular formula is C18H23FN2. The van der Waals surface area contributed by atoms with Crippen LogP contribution in [-0.4, -0.2) is 12.6 Å². The number of nitrogens with zero attached hydrogens (tertiary/aromatic N) is 1. The third-order valence-corrected chi connectivity index (χ3v) is 3.44. The molecule has 0 aliphatic heterocycles. The van der Waals surface area contributed by atoms with Crippen LogP contribution in [0, 0.1) is 5.82 Å². The fourth-order valence-corrected chi connectivity index (χ4v) is 2.38. The van der Waals surface area contributed by atoms with Crippen molar-refractivity contribution in [3.8, 4) is 0 Å². The maximum absolute atomic E-state index is 14.1. The molecule has 21 heavy (non-hydrogen) atoms. The maximum atomic E-state index is 14.1. The van der Waals surface area contributed by atoms with Gasteiger partial charge in [0.1, 0.15) is 5.82 Å². The van der Waals surface area contributed by atoms with E-state index in [-0.39, 0.29) is 5.82 Å². The summed E-state index contributed by atoms with van der Waals surface area (Å²) < 4.78 is 14.1. The van der Waals surface area contributed by atoms with Crippen molar-refractivity contribution in [1.82, 2.24) is 5.32 Å². The van der Waals surface area contributed by atoms with Gasteiger partial charge in [0, 0.05) is 24.8 Å². The van der Waals surface area contributed by atoms with Gasteiger partial charge in [0.2, 0.25) is 0 Å². The smallest absolute Gasteiger partial charge is 0.146 e. The summed E-state index contributed by atoms with van der Waals surface area (Å²) in [6.45, 7) is 7.78. The monoisotopic (exact) mass is 286 g/mol. The lowest BCUT2D eigenvalue weighted by atomic mass is 10.1. The Balaban J connectivity index is 2.36. The second-order valence-electron chi connectivity index (χ2n) is 5.36. The van der Waals surface area contributed by atoms with Crippen molar-refractivity contribution < 1.29 is 4.39 Å². The number of benzene rings is 2. The number of nitrogens with one attached hydrogen (secondary N) is 1. The van der Waals surface area contributed by atoms with Crippen molar-refractivity contribution in [3.05, 3.63) is 59.9 Å². The molecule has 2 nitrogen and oxygen atoms in total. The predicted octanol–water partition coefficient (Wildman–Crippen LogP) is 4.48. The van der Waals surface area contributed by atoms with Gasteiger partial charge < -0.3 is 10.2 Å². The number of rotatable bonds is 6. The van der Waals surface area contributed by atoms with Gasteiger partial charge in [-0.2, -0.15) is 0 Å². The van der Waals surface area contributed by atoms with E-state index in [4.69, 9.17) is 0 Å². The van der Waals surface area contributed by atoms with Crippen LogP contribution in [0.25, 0.3) is 0 Å². The second-order valence-corrected chi connectivity index (χ2v) is 5.36. The van der Waals surface area contributed by atoms with E-state index in [1.165, 1.54) is 11.6 Å². The summed E-state index contributed by atoms with van der Waals surface area (Å²) in [5, 5.41) is 3.43. The zero-order valence-corrected chi connectivity index (χ0v) is 12.9. The summed E-state index contributed by atoms with van der Waals surface area (Å²) in [4.78, 5) is 2.02. The lowest BCUT2D eigenvalue weighted by Gasteiger charge is -2.26. The number of hydrogen-bond donors (Lipinski definition) is 1. The van der Waals surface area contributed by atoms with Crippen LogP contribution in [0.5, 0.6) is 0 Å². The molecule has 0 atom stereocenters. The summed E-state index contributed by atoms with van der Waals surface area (Å²) in [6, 6.07) is 15.5. The molecule has 112 valence electrons. The summed E-state index contributed by atoms with van der Waals surface area (Å²) >= 11 is 0. The molecule has 0 bridgehead atoms. The van der Waals surface area contributed by atoms with Crippen molar-refractivity contribution in [1.29, 1.82) is 0 Å². The van der Waals surface area contributed by atoms with Gasteiger partial charge in [-0.25, -0.2) is 4.39 Å². The molecule has 2 aromatic rings. The fourth-order valence-electron chi connectivity index (χ4n) is 2.38. The zero-order chi connectivity index (χ0) is 15.2. The summed E-state index contributed by atoms with van der Waals surface area (Å²) in [5.74, 6) is -0.189. The predicted molar refractivity (Wildman–Crippen MR) is 87.5 cm³/mol. The largest absolute Gasteiger partial charge is 0.339 e. The van der Waals surface area contributed by atoms with Gasteiger partial charge in [-0.05, 0) is 30.7 Å². The molecule has 1 N–H and O–H groups in total. The van der Waals surface area contributed by atoms with Gasteiger partial charge in [-0.15, -0.1) is 0 Å². The average molecular weight is 286 g/mol. The first-order chi connectivity index (χ1) is 10.1. The molecule has 3 heteroatoms. The normalized spacial score (nSPS) is 10.9. The molecule has 0 saturated heterocycles. The van der Waals surface area contributed by atoms with E-state index in [9.17, 15) is 4.39 Å². The second kappa shape index (κ2) is 7.23. The third-order valence-electron chi connectivity index (χ3n) is 3.44. The summed E-state index contributed by atoms with van der Waals surface area (Å²) in [5.41, 5.74) is 2.85. The van der Waals surface area contributed by atoms with Gasteiger partial charge in [-0.3, -0.25) is 0 Å². The molecule has 2 rings (SSSR count). The molecule has 0 radical (unpaired) electrons. The Morgan fingerprint density at radius 3 is 2.24 bits per heavy atom. The van der Waals surface area contributed by atoms with E-state index < -0.39 is 0 Å². The lowest BCUT2D eigenvalue weighted by molar-refractivity contribution is 0.588. The number of hydrogen-bond acceptors (Lipinski definition) is 2. The molecule has 0 aliphatic carbocycles. The SMILES string of the molecule is CCN(c1ccccc1F)c1ccccc1CNC(C)C. The molecule has 0 saturated carbocycles. The fraction of sp³-hybridized carbons (Fsp3) is 0.333. The topological polar surface area (TPSA) is 15.3 Å². The van der Waals surface area contributed by atoms with E-state index in [0.717, 1.165) is 18.8 Å². The number of para-hydroxylation sites is 2. The molecule has 0 heterocycles. The van der Waals surface area contributed by atoms with E-state index >= 15 is 0 Å². The highest BCUT2D eigenvalue weighted by atomic mass is 19.1. The quantitative estimate of drug-likeness (QED) is 0.842. The minimum atomic E-state index is -0.189. The lowest BCUT2D eigenvalue weighted by Crippen LogP contribution is -2.24. The average Bonchev–Trinajstić information content (AvgIpc) is 2.49. The van der Waals surface area contributed by atoms with E-state index in [2.05, 4.69) is 25.2 Å². The first-order valence-electron chi connectivity index (χ1n) is 7.46. The summed E-state index contributed by atoms with van der Waals surface area (Å²) in [6.07, 6.45) is 0. The Bertz CT molecular complexity index is 581. The highest BCUT2D eigenvalue weighted by Crippen LogP contribution is 2.30.